The maximum Gasteiger partial charge on any atom is 0.134 e. The minimum Gasteiger partial charge on any atom is -0.496 e. The molecule has 2 nitrogen and oxygen atoms in total. The molecule has 0 aliphatic carbocycles. The third kappa shape index (κ3) is 2.50. The summed E-state index contributed by atoms with van der Waals surface area (Å²) in [5, 5.41) is 5.39. The monoisotopic (exact) mass is 219 g/mol. The molecule has 15 heavy (non-hydrogen) atoms. The average Bonchev–Trinajstić information content (AvgIpc) is 2.75. The SMILES string of the molecule is COc1ccsc1CNc1ccccc1. The Labute approximate surface area is 93.5 Å². The molecule has 1 N–H and O–H groups in total. The van der Waals surface area contributed by atoms with Crippen molar-refractivity contribution in [3.05, 3.63) is 46.7 Å². The highest BCUT2D eigenvalue weighted by molar-refractivity contribution is 7.10. The molecule has 0 radical (unpaired) electrons. The summed E-state index contributed by atoms with van der Waals surface area (Å²) in [6.45, 7) is 0.810. The number of hydrogen-bond acceptors (Lipinski definition) is 3. The van der Waals surface area contributed by atoms with E-state index in [2.05, 4.69) is 17.4 Å². The molecule has 1 heterocycles. The molecule has 0 bridgehead atoms. The van der Waals surface area contributed by atoms with Gasteiger partial charge in [0.1, 0.15) is 5.75 Å². The molecule has 0 atom stereocenters. The van der Waals surface area contributed by atoms with Crippen LogP contribution < -0.4 is 10.1 Å². The van der Waals surface area contributed by atoms with Gasteiger partial charge in [0.25, 0.3) is 0 Å². The standard InChI is InChI=1S/C12H13NOS/c1-14-11-7-8-15-12(11)9-13-10-5-3-2-4-6-10/h2-8,13H,9H2,1H3. The number of para-hydroxylation sites is 1. The molecule has 0 saturated carbocycles. The highest BCUT2D eigenvalue weighted by Crippen LogP contribution is 2.25. The van der Waals surface area contributed by atoms with Crippen molar-refractivity contribution in [3.63, 3.8) is 0 Å². The molecule has 1 aromatic carbocycles. The van der Waals surface area contributed by atoms with E-state index in [-0.39, 0.29) is 0 Å². The van der Waals surface area contributed by atoms with E-state index in [4.69, 9.17) is 4.74 Å². The molecule has 3 heteroatoms. The Morgan fingerprint density at radius 3 is 2.73 bits per heavy atom. The molecule has 0 aliphatic rings. The molecule has 0 spiro atoms. The topological polar surface area (TPSA) is 21.3 Å². The van der Waals surface area contributed by atoms with Gasteiger partial charge >= 0.3 is 0 Å². The van der Waals surface area contributed by atoms with Gasteiger partial charge < -0.3 is 10.1 Å². The fourth-order valence-corrected chi connectivity index (χ4v) is 2.16. The van der Waals surface area contributed by atoms with E-state index in [0.29, 0.717) is 0 Å². The van der Waals surface area contributed by atoms with E-state index in [1.165, 1.54) is 4.88 Å². The second-order valence-corrected chi connectivity index (χ2v) is 4.13. The number of anilines is 1. The van der Waals surface area contributed by atoms with Crippen LogP contribution in [-0.2, 0) is 6.54 Å². The highest BCUT2D eigenvalue weighted by atomic mass is 32.1. The Hall–Kier alpha value is -1.48. The number of ether oxygens (including phenoxy) is 1. The summed E-state index contributed by atoms with van der Waals surface area (Å²) in [6.07, 6.45) is 0. The zero-order chi connectivity index (χ0) is 10.5. The van der Waals surface area contributed by atoms with Crippen LogP contribution in [-0.4, -0.2) is 7.11 Å². The second-order valence-electron chi connectivity index (χ2n) is 3.13. The van der Waals surface area contributed by atoms with Crippen LogP contribution in [0.4, 0.5) is 5.69 Å². The molecule has 1 aromatic heterocycles. The van der Waals surface area contributed by atoms with Crippen LogP contribution in [0.15, 0.2) is 41.8 Å². The maximum absolute atomic E-state index is 5.24. The van der Waals surface area contributed by atoms with Gasteiger partial charge in [-0.25, -0.2) is 0 Å². The van der Waals surface area contributed by atoms with Gasteiger partial charge in [-0.05, 0) is 23.6 Å². The summed E-state index contributed by atoms with van der Waals surface area (Å²) in [5.41, 5.74) is 1.13. The van der Waals surface area contributed by atoms with Crippen LogP contribution in [0.3, 0.4) is 0 Å². The van der Waals surface area contributed by atoms with Gasteiger partial charge in [-0.3, -0.25) is 0 Å². The van der Waals surface area contributed by atoms with E-state index in [1.54, 1.807) is 18.4 Å². The number of rotatable bonds is 4. The van der Waals surface area contributed by atoms with Crippen LogP contribution in [0, 0.1) is 0 Å². The molecular weight excluding hydrogens is 206 g/mol. The number of nitrogens with one attached hydrogen (secondary N) is 1. The van der Waals surface area contributed by atoms with Gasteiger partial charge in [0.05, 0.1) is 18.5 Å². The van der Waals surface area contributed by atoms with Crippen LogP contribution in [0.25, 0.3) is 0 Å². The maximum atomic E-state index is 5.24. The van der Waals surface area contributed by atoms with Crippen molar-refractivity contribution in [1.82, 2.24) is 0 Å². The number of methoxy groups -OCH3 is 1. The molecular formula is C12H13NOS. The van der Waals surface area contributed by atoms with Crippen molar-refractivity contribution in [3.8, 4) is 5.75 Å². The Morgan fingerprint density at radius 1 is 1.20 bits per heavy atom. The Kier molecular flexibility index (Phi) is 3.25. The minimum atomic E-state index is 0.810. The van der Waals surface area contributed by atoms with E-state index in [0.717, 1.165) is 18.0 Å². The van der Waals surface area contributed by atoms with Gasteiger partial charge in [-0.15, -0.1) is 11.3 Å². The number of hydrogen-bond donors (Lipinski definition) is 1. The Balaban J connectivity index is 1.99. The lowest BCUT2D eigenvalue weighted by atomic mass is 10.3. The van der Waals surface area contributed by atoms with E-state index < -0.39 is 0 Å². The van der Waals surface area contributed by atoms with Crippen LogP contribution in [0.2, 0.25) is 0 Å². The van der Waals surface area contributed by atoms with Gasteiger partial charge in [0, 0.05) is 5.69 Å². The van der Waals surface area contributed by atoms with E-state index in [9.17, 15) is 0 Å². The zero-order valence-corrected chi connectivity index (χ0v) is 9.38. The quantitative estimate of drug-likeness (QED) is 0.851. The summed E-state index contributed by atoms with van der Waals surface area (Å²) in [5.74, 6) is 0.962. The van der Waals surface area contributed by atoms with Gasteiger partial charge in [-0.1, -0.05) is 18.2 Å². The predicted molar refractivity (Wildman–Crippen MR) is 64.6 cm³/mol. The molecule has 2 aromatic rings. The van der Waals surface area contributed by atoms with Crippen molar-refractivity contribution in [1.29, 1.82) is 0 Å². The van der Waals surface area contributed by atoms with Crippen LogP contribution in [0.1, 0.15) is 4.88 Å². The molecule has 0 fully saturated rings. The predicted octanol–water partition coefficient (Wildman–Crippen LogP) is 3.37. The second kappa shape index (κ2) is 4.84. The Bertz CT molecular complexity index is 411. The summed E-state index contributed by atoms with van der Waals surface area (Å²) in [6, 6.07) is 12.2. The minimum absolute atomic E-state index is 0.810. The van der Waals surface area contributed by atoms with Gasteiger partial charge in [-0.2, -0.15) is 0 Å². The third-order valence-corrected chi connectivity index (χ3v) is 3.05. The lowest BCUT2D eigenvalue weighted by Crippen LogP contribution is -1.98. The first-order valence-corrected chi connectivity index (χ1v) is 5.67. The fourth-order valence-electron chi connectivity index (χ4n) is 1.38. The van der Waals surface area contributed by atoms with E-state index >= 15 is 0 Å². The molecule has 0 amide bonds. The zero-order valence-electron chi connectivity index (χ0n) is 8.57. The van der Waals surface area contributed by atoms with Crippen LogP contribution in [0.5, 0.6) is 5.75 Å². The first-order chi connectivity index (χ1) is 7.40. The number of thiophene rings is 1. The van der Waals surface area contributed by atoms with Crippen molar-refractivity contribution in [2.75, 3.05) is 12.4 Å². The first-order valence-electron chi connectivity index (χ1n) is 4.79. The lowest BCUT2D eigenvalue weighted by Gasteiger charge is -2.06. The van der Waals surface area contributed by atoms with Crippen LogP contribution >= 0.6 is 11.3 Å². The average molecular weight is 219 g/mol. The largest absolute Gasteiger partial charge is 0.496 e. The summed E-state index contributed by atoms with van der Waals surface area (Å²) >= 11 is 1.71. The van der Waals surface area contributed by atoms with Crippen molar-refractivity contribution in [2.24, 2.45) is 0 Å². The molecule has 2 rings (SSSR count). The summed E-state index contributed by atoms with van der Waals surface area (Å²) in [7, 11) is 1.70. The van der Waals surface area contributed by atoms with Crippen molar-refractivity contribution >= 4 is 17.0 Å². The highest BCUT2D eigenvalue weighted by Gasteiger charge is 2.03. The lowest BCUT2D eigenvalue weighted by molar-refractivity contribution is 0.413. The van der Waals surface area contributed by atoms with Gasteiger partial charge in [0.15, 0.2) is 0 Å². The summed E-state index contributed by atoms with van der Waals surface area (Å²) in [4.78, 5) is 1.22. The van der Waals surface area contributed by atoms with Crippen molar-refractivity contribution < 1.29 is 4.74 Å². The first kappa shape index (κ1) is 10.1. The molecule has 0 saturated heterocycles. The van der Waals surface area contributed by atoms with E-state index in [1.807, 2.05) is 29.6 Å². The van der Waals surface area contributed by atoms with Gasteiger partial charge in [0.2, 0.25) is 0 Å². The summed E-state index contributed by atoms with van der Waals surface area (Å²) < 4.78 is 5.24. The molecule has 78 valence electrons. The smallest absolute Gasteiger partial charge is 0.134 e. The number of benzene rings is 1. The molecule has 0 unspecified atom stereocenters. The third-order valence-electron chi connectivity index (χ3n) is 2.15. The molecule has 0 aliphatic heterocycles. The normalized spacial score (nSPS) is 9.93. The Morgan fingerprint density at radius 2 is 2.00 bits per heavy atom. The van der Waals surface area contributed by atoms with Crippen molar-refractivity contribution in [2.45, 2.75) is 6.54 Å². The fraction of sp³-hybridized carbons (Fsp3) is 0.167.